The van der Waals surface area contributed by atoms with Gasteiger partial charge in [-0.25, -0.2) is 0 Å². The highest BCUT2D eigenvalue weighted by Gasteiger charge is 2.17. The Balaban J connectivity index is 2.14. The van der Waals surface area contributed by atoms with Gasteiger partial charge in [0.25, 0.3) is 0 Å². The lowest BCUT2D eigenvalue weighted by Crippen LogP contribution is -2.41. The minimum absolute atomic E-state index is 0.280. The van der Waals surface area contributed by atoms with Crippen LogP contribution in [0.5, 0.6) is 0 Å². The van der Waals surface area contributed by atoms with Crippen molar-refractivity contribution in [1.29, 1.82) is 0 Å². The third kappa shape index (κ3) is 2.16. The quantitative estimate of drug-likeness (QED) is 0.712. The van der Waals surface area contributed by atoms with Crippen LogP contribution in [0.3, 0.4) is 0 Å². The molecule has 14 heavy (non-hydrogen) atoms. The molecule has 76 valence electrons. The maximum atomic E-state index is 5.88. The molecular formula is C10H13ClN2O. The summed E-state index contributed by atoms with van der Waals surface area (Å²) >= 11 is 5.88. The molecule has 0 bridgehead atoms. The van der Waals surface area contributed by atoms with Gasteiger partial charge in [0.2, 0.25) is 0 Å². The number of hydrogen-bond donors (Lipinski definition) is 0. The summed E-state index contributed by atoms with van der Waals surface area (Å²) in [5, 5.41) is 0.682. The fourth-order valence-corrected chi connectivity index (χ4v) is 1.79. The fourth-order valence-electron chi connectivity index (χ4n) is 1.63. The first-order valence-electron chi connectivity index (χ1n) is 4.73. The van der Waals surface area contributed by atoms with Gasteiger partial charge in [-0.1, -0.05) is 11.6 Å². The summed E-state index contributed by atoms with van der Waals surface area (Å²) in [7, 11) is 0. The molecule has 1 aromatic rings. The van der Waals surface area contributed by atoms with E-state index in [2.05, 4.69) is 16.8 Å². The zero-order valence-electron chi connectivity index (χ0n) is 8.11. The number of rotatable bonds is 1. The Labute approximate surface area is 88.6 Å². The Bertz CT molecular complexity index is 319. The molecule has 3 nitrogen and oxygen atoms in total. The molecule has 2 heterocycles. The molecule has 0 aliphatic carbocycles. The van der Waals surface area contributed by atoms with Gasteiger partial charge in [0.1, 0.15) is 0 Å². The van der Waals surface area contributed by atoms with Gasteiger partial charge in [0.05, 0.1) is 29.6 Å². The van der Waals surface area contributed by atoms with Crippen LogP contribution in [-0.2, 0) is 4.74 Å². The maximum Gasteiger partial charge on any atom is 0.0722 e. The Morgan fingerprint density at radius 2 is 2.43 bits per heavy atom. The number of pyridine rings is 1. The van der Waals surface area contributed by atoms with Crippen molar-refractivity contribution in [3.05, 3.63) is 23.5 Å². The maximum absolute atomic E-state index is 5.88. The number of nitrogens with zero attached hydrogens (tertiary/aromatic N) is 2. The van der Waals surface area contributed by atoms with Crippen LogP contribution in [0, 0.1) is 0 Å². The van der Waals surface area contributed by atoms with E-state index in [9.17, 15) is 0 Å². The van der Waals surface area contributed by atoms with Gasteiger partial charge in [0, 0.05) is 19.3 Å². The molecule has 0 amide bonds. The van der Waals surface area contributed by atoms with Crippen LogP contribution in [0.2, 0.25) is 5.02 Å². The van der Waals surface area contributed by atoms with Crippen molar-refractivity contribution in [2.75, 3.05) is 24.6 Å². The predicted octanol–water partition coefficient (Wildman–Crippen LogP) is 1.96. The van der Waals surface area contributed by atoms with Gasteiger partial charge in [-0.3, -0.25) is 4.98 Å². The lowest BCUT2D eigenvalue weighted by Gasteiger charge is -2.32. The number of hydrogen-bond acceptors (Lipinski definition) is 3. The van der Waals surface area contributed by atoms with Crippen LogP contribution in [0.25, 0.3) is 0 Å². The highest BCUT2D eigenvalue weighted by molar-refractivity contribution is 6.30. The second-order valence-electron chi connectivity index (χ2n) is 3.49. The molecule has 0 N–H and O–H groups in total. The van der Waals surface area contributed by atoms with Crippen molar-refractivity contribution >= 4 is 17.3 Å². The number of ether oxygens (including phenoxy) is 1. The fraction of sp³-hybridized carbons (Fsp3) is 0.500. The molecule has 0 aromatic carbocycles. The van der Waals surface area contributed by atoms with Gasteiger partial charge in [-0.15, -0.1) is 0 Å². The molecule has 0 spiro atoms. The van der Waals surface area contributed by atoms with Crippen molar-refractivity contribution in [3.63, 3.8) is 0 Å². The highest BCUT2D eigenvalue weighted by Crippen LogP contribution is 2.19. The van der Waals surface area contributed by atoms with Gasteiger partial charge in [0.15, 0.2) is 0 Å². The zero-order valence-corrected chi connectivity index (χ0v) is 8.87. The van der Waals surface area contributed by atoms with Crippen molar-refractivity contribution in [2.24, 2.45) is 0 Å². The van der Waals surface area contributed by atoms with E-state index in [0.717, 1.165) is 25.4 Å². The van der Waals surface area contributed by atoms with E-state index in [4.69, 9.17) is 16.3 Å². The molecule has 0 saturated carbocycles. The third-order valence-corrected chi connectivity index (χ3v) is 2.50. The Hall–Kier alpha value is -0.800. The summed E-state index contributed by atoms with van der Waals surface area (Å²) in [5.41, 5.74) is 1.08. The van der Waals surface area contributed by atoms with Crippen LogP contribution in [0.15, 0.2) is 18.5 Å². The minimum Gasteiger partial charge on any atom is -0.375 e. The first-order chi connectivity index (χ1) is 6.75. The van der Waals surface area contributed by atoms with E-state index < -0.39 is 0 Å². The summed E-state index contributed by atoms with van der Waals surface area (Å²) < 4.78 is 5.46. The molecule has 0 unspecified atom stereocenters. The molecule has 1 aliphatic rings. The van der Waals surface area contributed by atoms with Crippen LogP contribution < -0.4 is 4.90 Å². The topological polar surface area (TPSA) is 25.4 Å². The lowest BCUT2D eigenvalue weighted by molar-refractivity contribution is 0.0532. The summed E-state index contributed by atoms with van der Waals surface area (Å²) in [5.74, 6) is 0. The minimum atomic E-state index is 0.280. The summed E-state index contributed by atoms with van der Waals surface area (Å²) in [6.07, 6.45) is 3.77. The highest BCUT2D eigenvalue weighted by atomic mass is 35.5. The van der Waals surface area contributed by atoms with E-state index in [1.165, 1.54) is 0 Å². The van der Waals surface area contributed by atoms with Crippen molar-refractivity contribution < 1.29 is 4.74 Å². The van der Waals surface area contributed by atoms with Crippen molar-refractivity contribution in [3.8, 4) is 0 Å². The molecule has 1 atom stereocenters. The largest absolute Gasteiger partial charge is 0.375 e. The van der Waals surface area contributed by atoms with Crippen LogP contribution in [0.1, 0.15) is 6.92 Å². The van der Waals surface area contributed by atoms with E-state index in [1.807, 2.05) is 12.3 Å². The molecule has 0 radical (unpaired) electrons. The van der Waals surface area contributed by atoms with E-state index in [1.54, 1.807) is 6.20 Å². The van der Waals surface area contributed by atoms with Crippen LogP contribution in [0.4, 0.5) is 5.69 Å². The average Bonchev–Trinajstić information content (AvgIpc) is 2.18. The number of morpholine rings is 1. The third-order valence-electron chi connectivity index (χ3n) is 2.30. The predicted molar refractivity (Wildman–Crippen MR) is 56.9 cm³/mol. The number of aromatic nitrogens is 1. The van der Waals surface area contributed by atoms with Gasteiger partial charge >= 0.3 is 0 Å². The zero-order chi connectivity index (χ0) is 9.97. The standard InChI is InChI=1S/C10H13ClN2O/c1-8-7-13(2-3-14-8)10-4-9(11)5-12-6-10/h4-6,8H,2-3,7H2,1H3/t8-/m0/s1. The molecular weight excluding hydrogens is 200 g/mol. The summed E-state index contributed by atoms with van der Waals surface area (Å²) in [4.78, 5) is 6.31. The van der Waals surface area contributed by atoms with Crippen LogP contribution in [-0.4, -0.2) is 30.8 Å². The normalized spacial score (nSPS) is 22.4. The molecule has 1 saturated heterocycles. The molecule has 1 aliphatic heterocycles. The van der Waals surface area contributed by atoms with Crippen molar-refractivity contribution in [2.45, 2.75) is 13.0 Å². The monoisotopic (exact) mass is 212 g/mol. The van der Waals surface area contributed by atoms with Crippen LogP contribution >= 0.6 is 11.6 Å². The number of halogens is 1. The Kier molecular flexibility index (Phi) is 2.89. The van der Waals surface area contributed by atoms with Crippen molar-refractivity contribution in [1.82, 2.24) is 4.98 Å². The van der Waals surface area contributed by atoms with E-state index >= 15 is 0 Å². The molecule has 2 rings (SSSR count). The van der Waals surface area contributed by atoms with E-state index in [-0.39, 0.29) is 6.10 Å². The number of anilines is 1. The first-order valence-corrected chi connectivity index (χ1v) is 5.10. The molecule has 4 heteroatoms. The lowest BCUT2D eigenvalue weighted by atomic mass is 10.2. The summed E-state index contributed by atoms with van der Waals surface area (Å²) in [6.45, 7) is 4.66. The van der Waals surface area contributed by atoms with Gasteiger partial charge in [-0.05, 0) is 13.0 Å². The van der Waals surface area contributed by atoms with Gasteiger partial charge < -0.3 is 9.64 Å². The second kappa shape index (κ2) is 4.15. The van der Waals surface area contributed by atoms with Gasteiger partial charge in [-0.2, -0.15) is 0 Å². The SMILES string of the molecule is C[C@H]1CN(c2cncc(Cl)c2)CCO1. The smallest absolute Gasteiger partial charge is 0.0722 e. The summed E-state index contributed by atoms with van der Waals surface area (Å²) in [6, 6.07) is 1.94. The molecule has 1 aromatic heterocycles. The Morgan fingerprint density at radius 3 is 3.14 bits per heavy atom. The van der Waals surface area contributed by atoms with E-state index in [0.29, 0.717) is 5.02 Å². The Morgan fingerprint density at radius 1 is 1.57 bits per heavy atom. The molecule has 1 fully saturated rings. The average molecular weight is 213 g/mol. The second-order valence-corrected chi connectivity index (χ2v) is 3.93. The first kappa shape index (κ1) is 9.74.